The van der Waals surface area contributed by atoms with Crippen molar-refractivity contribution in [3.63, 3.8) is 0 Å². The first-order valence-electron chi connectivity index (χ1n) is 8.59. The Labute approximate surface area is 146 Å². The van der Waals surface area contributed by atoms with Gasteiger partial charge in [0.2, 0.25) is 6.23 Å². The topological polar surface area (TPSA) is 54.4 Å². The molecule has 2 aromatic rings. The normalized spacial score (nSPS) is 23.6. The summed E-state index contributed by atoms with van der Waals surface area (Å²) in [5.74, 6) is 1.30. The lowest BCUT2D eigenvalue weighted by molar-refractivity contribution is 0.105. The van der Waals surface area contributed by atoms with E-state index >= 15 is 0 Å². The minimum Gasteiger partial charge on any atom is -0.466 e. The number of aliphatic hydroxyl groups excluding tert-OH is 1. The highest BCUT2D eigenvalue weighted by molar-refractivity contribution is 7.18. The Kier molecular flexibility index (Phi) is 3.81. The number of fused-ring (bicyclic) bond motifs is 2. The lowest BCUT2D eigenvalue weighted by Gasteiger charge is -2.34. The molecule has 2 unspecified atom stereocenters. The molecule has 3 heterocycles. The van der Waals surface area contributed by atoms with Gasteiger partial charge in [-0.15, -0.1) is 11.3 Å². The van der Waals surface area contributed by atoms with Gasteiger partial charge < -0.3 is 15.2 Å². The van der Waals surface area contributed by atoms with Gasteiger partial charge in [-0.05, 0) is 48.3 Å². The maximum absolute atomic E-state index is 9.16. The standard InChI is InChI=1S/C19H24N2O2S/c1-19(2,3)13-4-5-15-11(7-13)6-12-8-16(24-18(12)21-15)17-20-9-14(10-22)23-17/h6,8-9,13,17,20,22H,4-5,7,10H2,1-3H3. The second kappa shape index (κ2) is 5.74. The zero-order chi connectivity index (χ0) is 16.9. The molecule has 2 aromatic heterocycles. The van der Waals surface area contributed by atoms with Gasteiger partial charge in [-0.2, -0.15) is 0 Å². The second-order valence-corrected chi connectivity index (χ2v) is 8.94. The van der Waals surface area contributed by atoms with Crippen LogP contribution in [-0.4, -0.2) is 16.7 Å². The van der Waals surface area contributed by atoms with Crippen molar-refractivity contribution in [2.75, 3.05) is 6.61 Å². The molecule has 0 spiro atoms. The van der Waals surface area contributed by atoms with Gasteiger partial charge in [0.25, 0.3) is 0 Å². The maximum atomic E-state index is 9.16. The Morgan fingerprint density at radius 2 is 2.21 bits per heavy atom. The van der Waals surface area contributed by atoms with Gasteiger partial charge in [0.05, 0.1) is 4.88 Å². The summed E-state index contributed by atoms with van der Waals surface area (Å²) in [6.07, 6.45) is 4.97. The van der Waals surface area contributed by atoms with Gasteiger partial charge in [-0.1, -0.05) is 20.8 Å². The van der Waals surface area contributed by atoms with Crippen molar-refractivity contribution in [2.45, 2.75) is 46.3 Å². The minimum absolute atomic E-state index is 0.0743. The van der Waals surface area contributed by atoms with Gasteiger partial charge in [-0.25, -0.2) is 4.98 Å². The highest BCUT2D eigenvalue weighted by Gasteiger charge is 2.30. The number of nitrogens with zero attached hydrogens (tertiary/aromatic N) is 1. The molecule has 5 heteroatoms. The molecule has 1 aliphatic heterocycles. The third-order valence-electron chi connectivity index (χ3n) is 5.20. The SMILES string of the molecule is CC(C)(C)C1CCc2nc3sc(C4NC=C(CO)O4)cc3cc2C1. The van der Waals surface area contributed by atoms with Gasteiger partial charge >= 0.3 is 0 Å². The van der Waals surface area contributed by atoms with Crippen molar-refractivity contribution >= 4 is 21.6 Å². The van der Waals surface area contributed by atoms with Crippen LogP contribution in [0.1, 0.15) is 49.6 Å². The lowest BCUT2D eigenvalue weighted by Crippen LogP contribution is -2.27. The summed E-state index contributed by atoms with van der Waals surface area (Å²) in [5.41, 5.74) is 3.03. The largest absolute Gasteiger partial charge is 0.466 e. The number of aryl methyl sites for hydroxylation is 1. The van der Waals surface area contributed by atoms with E-state index in [0.717, 1.165) is 28.5 Å². The van der Waals surface area contributed by atoms with Crippen molar-refractivity contribution in [2.24, 2.45) is 11.3 Å². The zero-order valence-electron chi connectivity index (χ0n) is 14.4. The van der Waals surface area contributed by atoms with E-state index in [2.05, 4.69) is 38.2 Å². The number of rotatable bonds is 2. The van der Waals surface area contributed by atoms with Crippen molar-refractivity contribution in [3.8, 4) is 0 Å². The molecular formula is C19H24N2O2S. The molecule has 2 N–H and O–H groups in total. The van der Waals surface area contributed by atoms with Crippen molar-refractivity contribution in [1.29, 1.82) is 0 Å². The fraction of sp³-hybridized carbons (Fsp3) is 0.526. The smallest absolute Gasteiger partial charge is 0.205 e. The van der Waals surface area contributed by atoms with Crippen LogP contribution in [0.15, 0.2) is 24.1 Å². The molecule has 4 rings (SSSR count). The van der Waals surface area contributed by atoms with E-state index in [1.165, 1.54) is 23.1 Å². The van der Waals surface area contributed by atoms with Crippen molar-refractivity contribution < 1.29 is 9.84 Å². The molecule has 24 heavy (non-hydrogen) atoms. The monoisotopic (exact) mass is 344 g/mol. The Bertz CT molecular complexity index is 804. The van der Waals surface area contributed by atoms with Gasteiger partial charge in [0.1, 0.15) is 17.2 Å². The van der Waals surface area contributed by atoms with Crippen LogP contribution in [0.2, 0.25) is 0 Å². The zero-order valence-corrected chi connectivity index (χ0v) is 15.2. The molecule has 0 fully saturated rings. The van der Waals surface area contributed by atoms with Crippen molar-refractivity contribution in [3.05, 3.63) is 40.2 Å². The van der Waals surface area contributed by atoms with Crippen LogP contribution < -0.4 is 5.32 Å². The van der Waals surface area contributed by atoms with E-state index in [1.807, 2.05) is 0 Å². The number of pyridine rings is 1. The molecule has 0 bridgehead atoms. The van der Waals surface area contributed by atoms with Crippen LogP contribution in [0, 0.1) is 11.3 Å². The van der Waals surface area contributed by atoms with Crippen molar-refractivity contribution in [1.82, 2.24) is 10.3 Å². The summed E-state index contributed by atoms with van der Waals surface area (Å²) in [4.78, 5) is 7.12. The maximum Gasteiger partial charge on any atom is 0.205 e. The summed E-state index contributed by atoms with van der Waals surface area (Å²) in [7, 11) is 0. The summed E-state index contributed by atoms with van der Waals surface area (Å²) >= 11 is 1.67. The molecule has 0 amide bonds. The first-order valence-corrected chi connectivity index (χ1v) is 9.40. The van der Waals surface area contributed by atoms with E-state index < -0.39 is 0 Å². The second-order valence-electron chi connectivity index (χ2n) is 7.88. The quantitative estimate of drug-likeness (QED) is 0.867. The molecular weight excluding hydrogens is 320 g/mol. The molecule has 2 aliphatic rings. The first-order chi connectivity index (χ1) is 11.4. The Balaban J connectivity index is 1.63. The average Bonchev–Trinajstić information content (AvgIpc) is 3.17. The molecule has 0 saturated heterocycles. The van der Waals surface area contributed by atoms with Gasteiger partial charge in [0.15, 0.2) is 0 Å². The molecule has 1 aliphatic carbocycles. The van der Waals surface area contributed by atoms with E-state index in [0.29, 0.717) is 11.2 Å². The molecule has 2 atom stereocenters. The third-order valence-corrected chi connectivity index (χ3v) is 6.28. The van der Waals surface area contributed by atoms with E-state index in [1.54, 1.807) is 17.5 Å². The van der Waals surface area contributed by atoms with E-state index in [-0.39, 0.29) is 12.8 Å². The fourth-order valence-corrected chi connectivity index (χ4v) is 4.65. The first kappa shape index (κ1) is 15.9. The lowest BCUT2D eigenvalue weighted by atomic mass is 9.71. The van der Waals surface area contributed by atoms with Gasteiger partial charge in [-0.3, -0.25) is 0 Å². The molecule has 0 aromatic carbocycles. The van der Waals surface area contributed by atoms with Crippen LogP contribution in [0.4, 0.5) is 0 Å². The summed E-state index contributed by atoms with van der Waals surface area (Å²) < 4.78 is 5.70. The average molecular weight is 344 g/mol. The highest BCUT2D eigenvalue weighted by atomic mass is 32.1. The number of hydrogen-bond donors (Lipinski definition) is 2. The van der Waals surface area contributed by atoms with Gasteiger partial charge in [0, 0.05) is 17.3 Å². The molecule has 0 radical (unpaired) electrons. The Hall–Kier alpha value is -1.59. The van der Waals surface area contributed by atoms with Crippen LogP contribution in [-0.2, 0) is 17.6 Å². The Morgan fingerprint density at radius 3 is 2.92 bits per heavy atom. The van der Waals surface area contributed by atoms with E-state index in [4.69, 9.17) is 14.8 Å². The number of ether oxygens (including phenoxy) is 1. The fourth-order valence-electron chi connectivity index (χ4n) is 3.62. The number of thiophene rings is 1. The van der Waals surface area contributed by atoms with Crippen LogP contribution >= 0.6 is 11.3 Å². The summed E-state index contributed by atoms with van der Waals surface area (Å²) in [6.45, 7) is 6.94. The predicted octanol–water partition coefficient (Wildman–Crippen LogP) is 3.90. The number of nitrogens with one attached hydrogen (secondary N) is 1. The van der Waals surface area contributed by atoms with E-state index in [9.17, 15) is 0 Å². The molecule has 128 valence electrons. The molecule has 0 saturated carbocycles. The summed E-state index contributed by atoms with van der Waals surface area (Å²) in [6, 6.07) is 4.49. The summed E-state index contributed by atoms with van der Waals surface area (Å²) in [5, 5.41) is 13.5. The van der Waals surface area contributed by atoms with Crippen LogP contribution in [0.3, 0.4) is 0 Å². The minimum atomic E-state index is -0.203. The number of aliphatic hydroxyl groups is 1. The van der Waals surface area contributed by atoms with Crippen LogP contribution in [0.5, 0.6) is 0 Å². The Morgan fingerprint density at radius 1 is 1.38 bits per heavy atom. The third kappa shape index (κ3) is 2.80. The highest BCUT2D eigenvalue weighted by Crippen LogP contribution is 2.39. The number of hydrogen-bond acceptors (Lipinski definition) is 5. The number of aromatic nitrogens is 1. The molecule has 4 nitrogen and oxygen atoms in total. The van der Waals surface area contributed by atoms with Crippen LogP contribution in [0.25, 0.3) is 10.2 Å². The predicted molar refractivity (Wildman–Crippen MR) is 96.7 cm³/mol.